The molecule has 2 amide bonds. The summed E-state index contributed by atoms with van der Waals surface area (Å²) in [7, 11) is 0. The fraction of sp³-hybridized carbons (Fsp3) is 0.370. The Morgan fingerprint density at radius 2 is 1.79 bits per heavy atom. The average molecular weight is 461 g/mol. The molecule has 2 heterocycles. The van der Waals surface area contributed by atoms with E-state index in [1.54, 1.807) is 4.90 Å². The summed E-state index contributed by atoms with van der Waals surface area (Å²) in [6.45, 7) is 11.5. The molecule has 34 heavy (non-hydrogen) atoms. The van der Waals surface area contributed by atoms with Crippen LogP contribution in [0.2, 0.25) is 0 Å². The Kier molecular flexibility index (Phi) is 7.01. The molecule has 1 aliphatic rings. The smallest absolute Gasteiger partial charge is 0.322 e. The minimum Gasteiger partial charge on any atom is -0.494 e. The van der Waals surface area contributed by atoms with Gasteiger partial charge in [-0.15, -0.1) is 0 Å². The van der Waals surface area contributed by atoms with Crippen LogP contribution in [0.3, 0.4) is 0 Å². The Hall–Kier alpha value is -3.61. The second-order valence-electron chi connectivity index (χ2n) is 9.01. The maximum absolute atomic E-state index is 13.1. The molecular formula is C27H32N4O3. The van der Waals surface area contributed by atoms with Crippen LogP contribution in [-0.2, 0) is 0 Å². The lowest BCUT2D eigenvalue weighted by Crippen LogP contribution is -2.46. The first-order valence-electron chi connectivity index (χ1n) is 11.8. The lowest BCUT2D eigenvalue weighted by molar-refractivity contribution is 0.202. The van der Waals surface area contributed by atoms with Gasteiger partial charge in [0.2, 0.25) is 5.82 Å². The van der Waals surface area contributed by atoms with Gasteiger partial charge in [-0.3, -0.25) is 4.90 Å². The predicted molar refractivity (Wildman–Crippen MR) is 132 cm³/mol. The number of carbonyl (C=O) groups is 1. The zero-order valence-corrected chi connectivity index (χ0v) is 20.5. The molecule has 1 N–H and O–H groups in total. The van der Waals surface area contributed by atoms with Crippen molar-refractivity contribution in [3.63, 3.8) is 0 Å². The zero-order chi connectivity index (χ0) is 24.2. The first kappa shape index (κ1) is 23.5. The van der Waals surface area contributed by atoms with Crippen molar-refractivity contribution in [1.29, 1.82) is 0 Å². The fourth-order valence-corrected chi connectivity index (χ4v) is 4.04. The van der Waals surface area contributed by atoms with E-state index in [2.05, 4.69) is 24.3 Å². The highest BCUT2D eigenvalue weighted by atomic mass is 16.5. The Morgan fingerprint density at radius 1 is 1.09 bits per heavy atom. The molecule has 1 unspecified atom stereocenters. The van der Waals surface area contributed by atoms with E-state index in [1.165, 1.54) is 0 Å². The number of hydrogen-bond acceptors (Lipinski definition) is 5. The summed E-state index contributed by atoms with van der Waals surface area (Å²) in [6, 6.07) is 15.2. The van der Waals surface area contributed by atoms with Gasteiger partial charge in [-0.2, -0.15) is 4.98 Å². The Balaban J connectivity index is 1.75. The van der Waals surface area contributed by atoms with Crippen molar-refractivity contribution in [3.05, 3.63) is 71.2 Å². The number of amides is 2. The lowest BCUT2D eigenvalue weighted by Gasteiger charge is -2.35. The first-order valence-corrected chi connectivity index (χ1v) is 11.8. The van der Waals surface area contributed by atoms with Gasteiger partial charge in [0.05, 0.1) is 18.2 Å². The number of nitrogens with one attached hydrogen (secondary N) is 1. The fourth-order valence-electron chi connectivity index (χ4n) is 4.04. The van der Waals surface area contributed by atoms with Gasteiger partial charge in [-0.05, 0) is 50.8 Å². The first-order chi connectivity index (χ1) is 16.4. The van der Waals surface area contributed by atoms with Gasteiger partial charge in [-0.1, -0.05) is 61.0 Å². The molecule has 7 nitrogen and oxygen atoms in total. The normalized spacial score (nSPS) is 16.2. The second kappa shape index (κ2) is 10.1. The molecule has 2 aromatic carbocycles. The number of carbonyl (C=O) groups excluding carboxylic acids is 1. The number of rotatable bonds is 8. The highest BCUT2D eigenvalue weighted by molar-refractivity contribution is 5.86. The third kappa shape index (κ3) is 4.98. The van der Waals surface area contributed by atoms with Crippen LogP contribution in [0.25, 0.3) is 17.0 Å². The molecule has 178 valence electrons. The topological polar surface area (TPSA) is 80.5 Å². The number of ether oxygens (including phenoxy) is 1. The molecule has 3 aromatic rings. The molecule has 4 rings (SSSR count). The Labute approximate surface area is 200 Å². The summed E-state index contributed by atoms with van der Waals surface area (Å²) in [4.78, 5) is 19.6. The minimum absolute atomic E-state index is 0.126. The van der Waals surface area contributed by atoms with E-state index in [-0.39, 0.29) is 6.03 Å². The Morgan fingerprint density at radius 3 is 2.44 bits per heavy atom. The van der Waals surface area contributed by atoms with E-state index in [1.807, 2.05) is 69.3 Å². The SMILES string of the molecule is CCOc1ccc(C2NC(=O)N(CCC(C)C)C(C)=C2c2nc(-c3ccc(C)cc3)no2)cc1. The standard InChI is InChI=1S/C27H32N4O3/c1-6-33-22-13-11-20(12-14-22)24-23(19(5)31(27(32)28-24)16-15-17(2)3)26-29-25(30-34-26)21-9-7-18(4)8-10-21/h7-14,17,24H,6,15-16H2,1-5H3,(H,28,32). The van der Waals surface area contributed by atoms with Crippen LogP contribution >= 0.6 is 0 Å². The van der Waals surface area contributed by atoms with Gasteiger partial charge in [0, 0.05) is 17.8 Å². The van der Waals surface area contributed by atoms with Gasteiger partial charge in [0.15, 0.2) is 0 Å². The summed E-state index contributed by atoms with van der Waals surface area (Å²) < 4.78 is 11.3. The van der Waals surface area contributed by atoms with Crippen molar-refractivity contribution < 1.29 is 14.1 Å². The van der Waals surface area contributed by atoms with E-state index in [4.69, 9.17) is 14.2 Å². The van der Waals surface area contributed by atoms with Gasteiger partial charge in [-0.25, -0.2) is 4.79 Å². The molecule has 1 atom stereocenters. The average Bonchev–Trinajstić information content (AvgIpc) is 3.29. The largest absolute Gasteiger partial charge is 0.494 e. The van der Waals surface area contributed by atoms with E-state index in [0.717, 1.165) is 40.1 Å². The Bertz CT molecular complexity index is 1160. The molecule has 0 aliphatic carbocycles. The molecular weight excluding hydrogens is 428 g/mol. The summed E-state index contributed by atoms with van der Waals surface area (Å²) in [5.74, 6) is 2.19. The van der Waals surface area contributed by atoms with E-state index in [0.29, 0.717) is 30.8 Å². The molecule has 0 radical (unpaired) electrons. The molecule has 0 fully saturated rings. The molecule has 7 heteroatoms. The van der Waals surface area contributed by atoms with Crippen LogP contribution in [0.1, 0.15) is 57.2 Å². The maximum Gasteiger partial charge on any atom is 0.322 e. The number of aryl methyl sites for hydroxylation is 1. The summed E-state index contributed by atoms with van der Waals surface area (Å²) in [5, 5.41) is 7.39. The van der Waals surface area contributed by atoms with Crippen LogP contribution < -0.4 is 10.1 Å². The maximum atomic E-state index is 13.1. The highest BCUT2D eigenvalue weighted by Crippen LogP contribution is 2.38. The predicted octanol–water partition coefficient (Wildman–Crippen LogP) is 5.99. The van der Waals surface area contributed by atoms with Crippen molar-refractivity contribution in [3.8, 4) is 17.1 Å². The van der Waals surface area contributed by atoms with E-state index >= 15 is 0 Å². The van der Waals surface area contributed by atoms with E-state index < -0.39 is 6.04 Å². The number of hydrogen-bond donors (Lipinski definition) is 1. The molecule has 1 aromatic heterocycles. The summed E-state index contributed by atoms with van der Waals surface area (Å²) >= 11 is 0. The van der Waals surface area contributed by atoms with Gasteiger partial charge < -0.3 is 14.6 Å². The highest BCUT2D eigenvalue weighted by Gasteiger charge is 2.35. The van der Waals surface area contributed by atoms with Crippen LogP contribution in [0.4, 0.5) is 4.79 Å². The molecule has 0 bridgehead atoms. The van der Waals surface area contributed by atoms with E-state index in [9.17, 15) is 4.79 Å². The number of allylic oxidation sites excluding steroid dienone is 1. The molecule has 0 saturated heterocycles. The molecule has 0 saturated carbocycles. The summed E-state index contributed by atoms with van der Waals surface area (Å²) in [5.41, 5.74) is 4.59. The van der Waals surface area contributed by atoms with Crippen LogP contribution in [0, 0.1) is 12.8 Å². The number of nitrogens with zero attached hydrogens (tertiary/aromatic N) is 3. The zero-order valence-electron chi connectivity index (χ0n) is 20.5. The summed E-state index contributed by atoms with van der Waals surface area (Å²) in [6.07, 6.45) is 0.893. The van der Waals surface area contributed by atoms with Crippen molar-refractivity contribution in [2.24, 2.45) is 5.92 Å². The van der Waals surface area contributed by atoms with Crippen molar-refractivity contribution in [2.75, 3.05) is 13.2 Å². The van der Waals surface area contributed by atoms with Gasteiger partial charge >= 0.3 is 6.03 Å². The van der Waals surface area contributed by atoms with Crippen LogP contribution in [0.5, 0.6) is 5.75 Å². The van der Waals surface area contributed by atoms with Crippen molar-refractivity contribution in [2.45, 2.75) is 47.1 Å². The second-order valence-corrected chi connectivity index (χ2v) is 9.01. The third-order valence-electron chi connectivity index (χ3n) is 6.02. The monoisotopic (exact) mass is 460 g/mol. The van der Waals surface area contributed by atoms with Crippen molar-refractivity contribution in [1.82, 2.24) is 20.4 Å². The van der Waals surface area contributed by atoms with Crippen LogP contribution in [-0.4, -0.2) is 34.2 Å². The molecule has 0 spiro atoms. The van der Waals surface area contributed by atoms with Crippen molar-refractivity contribution >= 4 is 11.6 Å². The third-order valence-corrected chi connectivity index (χ3v) is 6.02. The minimum atomic E-state index is -0.412. The van der Waals surface area contributed by atoms with Gasteiger partial charge in [0.1, 0.15) is 5.75 Å². The lowest BCUT2D eigenvalue weighted by atomic mass is 9.94. The number of urea groups is 1. The number of aromatic nitrogens is 2. The number of benzene rings is 2. The van der Waals surface area contributed by atoms with Crippen LogP contribution in [0.15, 0.2) is 58.8 Å². The van der Waals surface area contributed by atoms with Gasteiger partial charge in [0.25, 0.3) is 5.89 Å². The quantitative estimate of drug-likeness (QED) is 0.447. The molecule has 1 aliphatic heterocycles.